The minimum absolute atomic E-state index is 0. The molecule has 3 nitrogen and oxygen atoms in total. The molecule has 0 aliphatic carbocycles. The van der Waals surface area contributed by atoms with Crippen molar-refractivity contribution in [1.82, 2.24) is 4.98 Å². The normalized spacial score (nSPS) is 12.5. The van der Waals surface area contributed by atoms with E-state index in [1.54, 1.807) is 0 Å². The maximum absolute atomic E-state index is 12.2. The molecule has 1 aromatic heterocycles. The molecule has 245 valence electrons. The van der Waals surface area contributed by atoms with Crippen LogP contribution in [0.25, 0.3) is 43.6 Å². The summed E-state index contributed by atoms with van der Waals surface area (Å²) in [5.41, 5.74) is 1.53. The molecule has 0 atom stereocenters. The molecule has 0 spiro atoms. The zero-order valence-corrected chi connectivity index (χ0v) is 33.5. The molecule has 4 aromatic carbocycles. The molecule has 1 N–H and O–H groups in total. The summed E-state index contributed by atoms with van der Waals surface area (Å²) in [5, 5.41) is 17.7. The number of ketones is 1. The van der Waals surface area contributed by atoms with Crippen LogP contribution in [0.3, 0.4) is 0 Å². The van der Waals surface area contributed by atoms with Gasteiger partial charge in [0, 0.05) is 37.0 Å². The number of aromatic nitrogens is 1. The summed E-state index contributed by atoms with van der Waals surface area (Å²) in [5.74, 6) is 7.65. The molecule has 0 amide bonds. The molecule has 0 bridgehead atoms. The number of aliphatic hydroxyl groups is 1. The first-order chi connectivity index (χ1) is 21.3. The molecule has 1 radical (unpaired) electrons. The summed E-state index contributed by atoms with van der Waals surface area (Å²) in [4.78, 5) is 17.0. The summed E-state index contributed by atoms with van der Waals surface area (Å²) < 4.78 is 1.52. The van der Waals surface area contributed by atoms with Gasteiger partial charge < -0.3 is 5.11 Å². The fraction of sp³-hybridized carbons (Fsp3) is 0.366. The van der Waals surface area contributed by atoms with Crippen LogP contribution in [0.2, 0.25) is 17.3 Å². The fourth-order valence-electron chi connectivity index (χ4n) is 5.81. The minimum Gasteiger partial charge on any atom is 0 e. The number of hydrogen-bond donors (Lipinski definition) is 1. The molecule has 5 rings (SSSR count). The Morgan fingerprint density at radius 2 is 1.37 bits per heavy atom. The number of nitrogens with zero attached hydrogens (tertiary/aromatic N) is 1. The van der Waals surface area contributed by atoms with Gasteiger partial charge in [0.25, 0.3) is 0 Å². The third-order valence-corrected chi connectivity index (χ3v) is 14.4. The van der Waals surface area contributed by atoms with Gasteiger partial charge >= 0.3 is 169 Å². The predicted molar refractivity (Wildman–Crippen MR) is 197 cm³/mol. The first kappa shape index (κ1) is 37.7. The predicted octanol–water partition coefficient (Wildman–Crippen LogP) is 11.2. The fourth-order valence-corrected chi connectivity index (χ4v) is 9.18. The van der Waals surface area contributed by atoms with E-state index >= 15 is 0 Å². The first-order valence-corrected chi connectivity index (χ1v) is 23.8. The van der Waals surface area contributed by atoms with Crippen molar-refractivity contribution in [3.05, 3.63) is 96.9 Å². The number of hydrogen-bond acceptors (Lipinski definition) is 3. The summed E-state index contributed by atoms with van der Waals surface area (Å²) in [6.07, 6.45) is 6.69. The Balaban J connectivity index is 0.000000280. The summed E-state index contributed by atoms with van der Waals surface area (Å²) in [7, 11) is 0. The zero-order chi connectivity index (χ0) is 33.0. The van der Waals surface area contributed by atoms with E-state index in [1.165, 1.54) is 42.8 Å². The third-order valence-electron chi connectivity index (χ3n) is 10.1. The number of carbonyl (C=O) groups is 1. The molecule has 0 saturated heterocycles. The van der Waals surface area contributed by atoms with Crippen molar-refractivity contribution in [3.8, 4) is 11.3 Å². The van der Waals surface area contributed by atoms with Gasteiger partial charge in [0.1, 0.15) is 5.76 Å². The maximum Gasteiger partial charge on any atom is 0 e. The molecule has 5 heteroatoms. The number of benzene rings is 4. The van der Waals surface area contributed by atoms with Crippen molar-refractivity contribution in [2.24, 2.45) is 10.8 Å². The third kappa shape index (κ3) is 7.84. The number of fused-ring (bicyclic) bond motifs is 4. The standard InChI is InChI=1S/C26H22GeN.C15H28O2.Ir/c1-27(2,3)25-17-20(16-19-9-5-7-11-22(19)25)26-24-13-12-18-8-4-6-10-21(18)23(24)14-15-28-26;1-7-14(5,8-2)12(16)11-13(17)15(6,9-3)10-4;/h4-15,17H,1-3H3;11,16H,7-10H2,1-6H3;/q-1;;/b;12-11-;. The summed E-state index contributed by atoms with van der Waals surface area (Å²) in [6.45, 7) is 12.1. The Bertz CT molecular complexity index is 1850. The van der Waals surface area contributed by atoms with Crippen molar-refractivity contribution in [1.29, 1.82) is 0 Å². The van der Waals surface area contributed by atoms with Crippen LogP contribution in [0.15, 0.2) is 90.8 Å². The van der Waals surface area contributed by atoms with Gasteiger partial charge in [0.05, 0.1) is 0 Å². The van der Waals surface area contributed by atoms with E-state index in [0.29, 0.717) is 0 Å². The van der Waals surface area contributed by atoms with E-state index in [0.717, 1.165) is 36.9 Å². The molecule has 46 heavy (non-hydrogen) atoms. The van der Waals surface area contributed by atoms with Gasteiger partial charge in [0.15, 0.2) is 5.78 Å². The van der Waals surface area contributed by atoms with E-state index in [-0.39, 0.29) is 42.5 Å². The monoisotopic (exact) mass is 855 g/mol. The van der Waals surface area contributed by atoms with Gasteiger partial charge in [-0.1, -0.05) is 41.5 Å². The van der Waals surface area contributed by atoms with Crippen LogP contribution >= 0.6 is 0 Å². The van der Waals surface area contributed by atoms with Gasteiger partial charge in [-0.15, -0.1) is 0 Å². The van der Waals surface area contributed by atoms with Gasteiger partial charge in [-0.05, 0) is 25.7 Å². The van der Waals surface area contributed by atoms with Gasteiger partial charge in [0.2, 0.25) is 0 Å². The van der Waals surface area contributed by atoms with E-state index in [2.05, 4.69) is 96.1 Å². The van der Waals surface area contributed by atoms with Crippen LogP contribution in [-0.2, 0) is 24.9 Å². The average Bonchev–Trinajstić information content (AvgIpc) is 3.06. The molecule has 5 aromatic rings. The van der Waals surface area contributed by atoms with Crippen LogP contribution in [0.4, 0.5) is 0 Å². The van der Waals surface area contributed by atoms with Crippen LogP contribution in [0, 0.1) is 16.9 Å². The van der Waals surface area contributed by atoms with Crippen molar-refractivity contribution in [2.75, 3.05) is 0 Å². The van der Waals surface area contributed by atoms with Crippen molar-refractivity contribution in [3.63, 3.8) is 0 Å². The van der Waals surface area contributed by atoms with Crippen LogP contribution in [0.1, 0.15) is 67.2 Å². The topological polar surface area (TPSA) is 50.2 Å². The Kier molecular flexibility index (Phi) is 12.6. The number of allylic oxidation sites excluding steroid dienone is 2. The Morgan fingerprint density at radius 1 is 0.783 bits per heavy atom. The molecule has 0 saturated carbocycles. The number of aliphatic hydroxyl groups excluding tert-OH is 1. The molecule has 0 aliphatic rings. The molecule has 0 unspecified atom stereocenters. The first-order valence-electron chi connectivity index (χ1n) is 16.5. The van der Waals surface area contributed by atoms with Crippen LogP contribution in [-0.4, -0.2) is 29.1 Å². The quantitative estimate of drug-likeness (QED) is 0.0528. The number of pyridine rings is 1. The van der Waals surface area contributed by atoms with E-state index in [1.807, 2.05) is 47.7 Å². The Morgan fingerprint density at radius 3 is 1.98 bits per heavy atom. The minimum atomic E-state index is -2.07. The van der Waals surface area contributed by atoms with Gasteiger partial charge in [-0.25, -0.2) is 0 Å². The summed E-state index contributed by atoms with van der Waals surface area (Å²) in [6, 6.07) is 29.8. The Labute approximate surface area is 292 Å². The van der Waals surface area contributed by atoms with E-state index < -0.39 is 13.3 Å². The largest absolute Gasteiger partial charge is 0 e. The summed E-state index contributed by atoms with van der Waals surface area (Å²) >= 11 is -2.07. The number of rotatable bonds is 9. The van der Waals surface area contributed by atoms with E-state index in [9.17, 15) is 9.90 Å². The van der Waals surface area contributed by atoms with Crippen LogP contribution in [0.5, 0.6) is 0 Å². The van der Waals surface area contributed by atoms with E-state index in [4.69, 9.17) is 4.98 Å². The molecule has 0 aliphatic heterocycles. The van der Waals surface area contributed by atoms with Gasteiger partial charge in [-0.3, -0.25) is 4.79 Å². The Hall–Kier alpha value is -2.79. The van der Waals surface area contributed by atoms with Crippen LogP contribution < -0.4 is 4.40 Å². The van der Waals surface area contributed by atoms with Crippen molar-refractivity contribution in [2.45, 2.75) is 84.5 Å². The van der Waals surface area contributed by atoms with Crippen molar-refractivity contribution < 1.29 is 30.0 Å². The second-order valence-electron chi connectivity index (χ2n) is 13.9. The smallest absolute Gasteiger partial charge is 0 e. The second kappa shape index (κ2) is 15.4. The number of carbonyl (C=O) groups excluding carboxylic acids is 1. The van der Waals surface area contributed by atoms with Gasteiger partial charge in [-0.2, -0.15) is 0 Å². The maximum atomic E-state index is 12.2. The molecular weight excluding hydrogens is 803 g/mol. The van der Waals surface area contributed by atoms with Crippen molar-refractivity contribution >= 4 is 55.8 Å². The zero-order valence-electron chi connectivity index (χ0n) is 29.0. The second-order valence-corrected chi connectivity index (χ2v) is 24.4. The average molecular weight is 854 g/mol. The molecule has 0 fully saturated rings. The SMILES string of the molecule is CCC(C)(CC)C(=O)/C=C(\O)C(C)(CC)CC.[CH3][Ge]([CH3])([CH3])[c]1cc(-c2nccc3c2ccc2ccccc23)[c-]c2ccccc12.[Ir]. The molecule has 1 heterocycles. The molecular formula is C41H50GeIrNO2-.